The molecule has 2 atom stereocenters. The van der Waals surface area contributed by atoms with E-state index >= 15 is 0 Å². The molecule has 3 aromatic rings. The van der Waals surface area contributed by atoms with Crippen molar-refractivity contribution in [1.82, 2.24) is 19.8 Å². The zero-order valence-corrected chi connectivity index (χ0v) is 19.0. The minimum atomic E-state index is 0.417. The topological polar surface area (TPSA) is 54.7 Å². The van der Waals surface area contributed by atoms with Gasteiger partial charge >= 0.3 is 0 Å². The van der Waals surface area contributed by atoms with Crippen molar-refractivity contribution in [3.8, 4) is 0 Å². The molecule has 6 nitrogen and oxygen atoms in total. The maximum atomic E-state index is 5.84. The van der Waals surface area contributed by atoms with E-state index in [0.717, 1.165) is 32.0 Å². The second-order valence-electron chi connectivity index (χ2n) is 8.48. The van der Waals surface area contributed by atoms with Gasteiger partial charge in [0, 0.05) is 39.1 Å². The third-order valence-electron chi connectivity index (χ3n) is 6.19. The molecule has 1 N–H and O–H groups in total. The van der Waals surface area contributed by atoms with Crippen molar-refractivity contribution in [3.63, 3.8) is 0 Å². The molecule has 1 saturated heterocycles. The second-order valence-corrected chi connectivity index (χ2v) is 8.48. The number of nitrogens with one attached hydrogen (secondary N) is 1. The van der Waals surface area contributed by atoms with Crippen molar-refractivity contribution in [2.75, 3.05) is 20.1 Å². The highest BCUT2D eigenvalue weighted by Gasteiger charge is 2.28. The Morgan fingerprint density at radius 1 is 1.06 bits per heavy atom. The Hall–Kier alpha value is -3.12. The number of ether oxygens (including phenoxy) is 1. The monoisotopic (exact) mass is 431 g/mol. The molecule has 1 aliphatic heterocycles. The minimum Gasteiger partial charge on any atom is -0.372 e. The summed E-state index contributed by atoms with van der Waals surface area (Å²) in [6.45, 7) is 6.28. The van der Waals surface area contributed by atoms with E-state index in [4.69, 9.17) is 4.74 Å². The molecule has 2 unspecified atom stereocenters. The lowest BCUT2D eigenvalue weighted by Gasteiger charge is -2.39. The third kappa shape index (κ3) is 5.77. The van der Waals surface area contributed by atoms with E-state index in [0.29, 0.717) is 25.2 Å². The van der Waals surface area contributed by atoms with Crippen molar-refractivity contribution in [2.24, 2.45) is 10.9 Å². The molecule has 4 rings (SSSR count). The first-order valence-electron chi connectivity index (χ1n) is 11.4. The zero-order chi connectivity index (χ0) is 22.2. The molecule has 0 aliphatic carbocycles. The number of guanidine groups is 1. The Kier molecular flexibility index (Phi) is 7.56. The summed E-state index contributed by atoms with van der Waals surface area (Å²) in [7, 11) is 1.86. The van der Waals surface area contributed by atoms with E-state index in [2.05, 4.69) is 74.3 Å². The lowest BCUT2D eigenvalue weighted by atomic mass is 9.93. The van der Waals surface area contributed by atoms with Crippen LogP contribution in [-0.2, 0) is 24.5 Å². The Labute approximate surface area is 191 Å². The van der Waals surface area contributed by atoms with Crippen molar-refractivity contribution in [2.45, 2.75) is 39.1 Å². The molecule has 0 bridgehead atoms. The number of imidazole rings is 1. The molecule has 1 aliphatic rings. The molecule has 0 spiro atoms. The summed E-state index contributed by atoms with van der Waals surface area (Å²) in [5, 5.41) is 3.54. The van der Waals surface area contributed by atoms with Gasteiger partial charge in [-0.05, 0) is 29.0 Å². The first kappa shape index (κ1) is 22.1. The number of rotatable bonds is 7. The van der Waals surface area contributed by atoms with Gasteiger partial charge < -0.3 is 19.5 Å². The number of nitrogens with zero attached hydrogens (tertiary/aromatic N) is 4. The molecular weight excluding hydrogens is 398 g/mol. The van der Waals surface area contributed by atoms with Crippen LogP contribution in [0, 0.1) is 5.92 Å². The minimum absolute atomic E-state index is 0.417. The van der Waals surface area contributed by atoms with Crippen LogP contribution in [0.25, 0.3) is 0 Å². The molecule has 0 saturated carbocycles. The fourth-order valence-electron chi connectivity index (χ4n) is 4.22. The van der Waals surface area contributed by atoms with Gasteiger partial charge in [-0.3, -0.25) is 4.99 Å². The number of hydrogen-bond acceptors (Lipinski definition) is 3. The van der Waals surface area contributed by atoms with Crippen molar-refractivity contribution in [1.29, 1.82) is 0 Å². The van der Waals surface area contributed by atoms with Gasteiger partial charge in [0.05, 0.1) is 25.6 Å². The normalized spacial score (nSPS) is 19.2. The van der Waals surface area contributed by atoms with Gasteiger partial charge in [0.15, 0.2) is 5.96 Å². The van der Waals surface area contributed by atoms with E-state index < -0.39 is 0 Å². The van der Waals surface area contributed by atoms with Gasteiger partial charge in [0.25, 0.3) is 0 Å². The molecule has 0 radical (unpaired) electrons. The summed E-state index contributed by atoms with van der Waals surface area (Å²) in [5.74, 6) is 1.58. The number of benzene rings is 2. The lowest BCUT2D eigenvalue weighted by molar-refractivity contribution is 0.107. The molecule has 0 amide bonds. The predicted molar refractivity (Wildman–Crippen MR) is 128 cm³/mol. The van der Waals surface area contributed by atoms with Gasteiger partial charge in [-0.2, -0.15) is 0 Å². The molecule has 32 heavy (non-hydrogen) atoms. The summed E-state index contributed by atoms with van der Waals surface area (Å²) in [6, 6.07) is 19.3. The highest BCUT2D eigenvalue weighted by atomic mass is 16.5. The summed E-state index contributed by atoms with van der Waals surface area (Å²) in [6.07, 6.45) is 6.98. The first-order chi connectivity index (χ1) is 15.7. The second kappa shape index (κ2) is 11.0. The van der Waals surface area contributed by atoms with Crippen LogP contribution in [0.2, 0.25) is 0 Å². The van der Waals surface area contributed by atoms with Crippen LogP contribution in [0.5, 0.6) is 0 Å². The number of aromatic nitrogens is 2. The predicted octanol–water partition coefficient (Wildman–Crippen LogP) is 4.26. The number of piperidine rings is 1. The quantitative estimate of drug-likeness (QED) is 0.449. The van der Waals surface area contributed by atoms with E-state index in [-0.39, 0.29) is 0 Å². The van der Waals surface area contributed by atoms with E-state index in [1.54, 1.807) is 0 Å². The summed E-state index contributed by atoms with van der Waals surface area (Å²) in [4.78, 5) is 11.1. The Morgan fingerprint density at radius 2 is 1.78 bits per heavy atom. The molecule has 2 aromatic carbocycles. The van der Waals surface area contributed by atoms with Crippen LogP contribution < -0.4 is 5.32 Å². The molecule has 2 heterocycles. The van der Waals surface area contributed by atoms with Crippen LogP contribution in [0.1, 0.15) is 36.1 Å². The summed E-state index contributed by atoms with van der Waals surface area (Å²) >= 11 is 0. The van der Waals surface area contributed by atoms with Gasteiger partial charge in [-0.1, -0.05) is 61.5 Å². The fourth-order valence-corrected chi connectivity index (χ4v) is 4.22. The van der Waals surface area contributed by atoms with Gasteiger partial charge in [-0.25, -0.2) is 4.98 Å². The number of hydrogen-bond donors (Lipinski definition) is 1. The standard InChI is InChI=1S/C26H33N5O/c1-21-12-14-30(17-25(21)31-15-13-28-20-31)26(27-2)29-16-22-8-10-24(11-9-22)19-32-18-23-6-4-3-5-7-23/h3-11,13,15,20-21,25H,12,14,16-19H2,1-2H3,(H,27,29). The smallest absolute Gasteiger partial charge is 0.193 e. The van der Waals surface area contributed by atoms with Gasteiger partial charge in [0.2, 0.25) is 0 Å². The van der Waals surface area contributed by atoms with Crippen LogP contribution in [0.3, 0.4) is 0 Å². The average Bonchev–Trinajstić information content (AvgIpc) is 3.37. The van der Waals surface area contributed by atoms with Crippen LogP contribution in [0.15, 0.2) is 78.3 Å². The highest BCUT2D eigenvalue weighted by Crippen LogP contribution is 2.27. The maximum Gasteiger partial charge on any atom is 0.193 e. The van der Waals surface area contributed by atoms with Gasteiger partial charge in [0.1, 0.15) is 0 Å². The SMILES string of the molecule is CN=C(NCc1ccc(COCc2ccccc2)cc1)N1CCC(C)C(n2ccnc2)C1. The fraction of sp³-hybridized carbons (Fsp3) is 0.385. The van der Waals surface area contributed by atoms with E-state index in [1.165, 1.54) is 16.7 Å². The zero-order valence-electron chi connectivity index (χ0n) is 19.0. The van der Waals surface area contributed by atoms with Crippen LogP contribution in [-0.4, -0.2) is 40.5 Å². The molecular formula is C26H33N5O. The number of aliphatic imine (C=N–C) groups is 1. The van der Waals surface area contributed by atoms with E-state index in [1.807, 2.05) is 37.8 Å². The van der Waals surface area contributed by atoms with Crippen molar-refractivity contribution < 1.29 is 4.74 Å². The molecule has 1 aromatic heterocycles. The van der Waals surface area contributed by atoms with Crippen molar-refractivity contribution >= 4 is 5.96 Å². The maximum absolute atomic E-state index is 5.84. The number of likely N-dealkylation sites (tertiary alicyclic amines) is 1. The van der Waals surface area contributed by atoms with Gasteiger partial charge in [-0.15, -0.1) is 0 Å². The molecule has 6 heteroatoms. The lowest BCUT2D eigenvalue weighted by Crippen LogP contribution is -2.48. The Morgan fingerprint density at radius 3 is 2.47 bits per heavy atom. The van der Waals surface area contributed by atoms with Crippen LogP contribution >= 0.6 is 0 Å². The van der Waals surface area contributed by atoms with Crippen LogP contribution in [0.4, 0.5) is 0 Å². The highest BCUT2D eigenvalue weighted by molar-refractivity contribution is 5.80. The Bertz CT molecular complexity index is 969. The Balaban J connectivity index is 1.26. The summed E-state index contributed by atoms with van der Waals surface area (Å²) < 4.78 is 8.07. The first-order valence-corrected chi connectivity index (χ1v) is 11.4. The average molecular weight is 432 g/mol. The van der Waals surface area contributed by atoms with Crippen molar-refractivity contribution in [3.05, 3.63) is 90.0 Å². The third-order valence-corrected chi connectivity index (χ3v) is 6.19. The molecule has 168 valence electrons. The largest absolute Gasteiger partial charge is 0.372 e. The molecule has 1 fully saturated rings. The summed E-state index contributed by atoms with van der Waals surface area (Å²) in [5.41, 5.74) is 3.61. The van der Waals surface area contributed by atoms with E-state index in [9.17, 15) is 0 Å².